The summed E-state index contributed by atoms with van der Waals surface area (Å²) in [7, 11) is 0. The first-order chi connectivity index (χ1) is 5.61. The highest BCUT2D eigenvalue weighted by molar-refractivity contribution is 6.08. The van der Waals surface area contributed by atoms with Gasteiger partial charge in [0.2, 0.25) is 0 Å². The van der Waals surface area contributed by atoms with Crippen molar-refractivity contribution >= 4 is 18.6 Å². The highest BCUT2D eigenvalue weighted by atomic mass is 14.6. The Morgan fingerprint density at radius 2 is 2.00 bits per heavy atom. The summed E-state index contributed by atoms with van der Waals surface area (Å²) in [6.45, 7) is 6.85. The number of rotatable bonds is 4. The van der Waals surface area contributed by atoms with Gasteiger partial charge in [-0.3, -0.25) is 4.99 Å². The van der Waals surface area contributed by atoms with Crippen LogP contribution in [-0.2, 0) is 0 Å². The lowest BCUT2D eigenvalue weighted by atomic mass is 10.1. The Kier molecular flexibility index (Phi) is 4.53. The predicted molar refractivity (Wildman–Crippen MR) is 53.6 cm³/mol. The maximum atomic E-state index is 7.50. The zero-order valence-corrected chi connectivity index (χ0v) is 7.39. The first-order valence-electron chi connectivity index (χ1n) is 3.52. The molecule has 0 aliphatic carbocycles. The van der Waals surface area contributed by atoms with Gasteiger partial charge in [0.15, 0.2) is 0 Å². The van der Waals surface area contributed by atoms with Crippen LogP contribution in [0.1, 0.15) is 13.8 Å². The number of hydrogen-bond donors (Lipinski definition) is 2. The molecule has 0 aromatic heterocycles. The minimum Gasteiger partial charge on any atom is -0.308 e. The third kappa shape index (κ3) is 3.61. The Hall–Kier alpha value is -1.51. The molecule has 0 heterocycles. The summed E-state index contributed by atoms with van der Waals surface area (Å²) in [6, 6.07) is 0. The second kappa shape index (κ2) is 5.18. The van der Waals surface area contributed by atoms with Crippen LogP contribution in [0.15, 0.2) is 28.4 Å². The SMILES string of the molecule is C=N/C=C(\C)C(=N)/C=C(/C)C=N. The van der Waals surface area contributed by atoms with Crippen LogP contribution in [0.4, 0.5) is 0 Å². The maximum absolute atomic E-state index is 7.50. The molecule has 0 aromatic rings. The predicted octanol–water partition coefficient (Wildman–Crippen LogP) is 2.21. The summed E-state index contributed by atoms with van der Waals surface area (Å²) in [6.07, 6.45) is 4.35. The molecule has 0 saturated carbocycles. The quantitative estimate of drug-likeness (QED) is 0.597. The van der Waals surface area contributed by atoms with E-state index in [1.165, 1.54) is 12.4 Å². The summed E-state index contributed by atoms with van der Waals surface area (Å²) in [4.78, 5) is 3.55. The smallest absolute Gasteiger partial charge is 0.0587 e. The minimum atomic E-state index is 0.364. The summed E-state index contributed by atoms with van der Waals surface area (Å²) in [5.74, 6) is 0. The van der Waals surface area contributed by atoms with E-state index in [1.54, 1.807) is 19.9 Å². The molecule has 0 rings (SSSR count). The van der Waals surface area contributed by atoms with Gasteiger partial charge in [0.25, 0.3) is 0 Å². The number of allylic oxidation sites excluding steroid dienone is 3. The van der Waals surface area contributed by atoms with Gasteiger partial charge in [-0.15, -0.1) is 0 Å². The van der Waals surface area contributed by atoms with E-state index < -0.39 is 0 Å². The van der Waals surface area contributed by atoms with Crippen molar-refractivity contribution in [1.29, 1.82) is 10.8 Å². The number of hydrogen-bond acceptors (Lipinski definition) is 3. The molecule has 0 aliphatic heterocycles. The highest BCUT2D eigenvalue weighted by Gasteiger charge is 1.94. The number of nitrogens with one attached hydrogen (secondary N) is 2. The van der Waals surface area contributed by atoms with Gasteiger partial charge >= 0.3 is 0 Å². The summed E-state index contributed by atoms with van der Waals surface area (Å²) in [5, 5.41) is 14.4. The van der Waals surface area contributed by atoms with E-state index in [0.717, 1.165) is 11.1 Å². The second-order valence-corrected chi connectivity index (χ2v) is 2.44. The number of nitrogens with zero attached hydrogens (tertiary/aromatic N) is 1. The molecule has 0 radical (unpaired) electrons. The number of aliphatic imine (C=N–C) groups is 1. The van der Waals surface area contributed by atoms with Crippen LogP contribution < -0.4 is 0 Å². The normalized spacial score (nSPS) is 12.5. The van der Waals surface area contributed by atoms with E-state index in [2.05, 4.69) is 11.7 Å². The Bertz CT molecular complexity index is 259. The molecule has 0 bridgehead atoms. The molecule has 0 aromatic carbocycles. The third-order valence-electron chi connectivity index (χ3n) is 1.31. The highest BCUT2D eigenvalue weighted by Crippen LogP contribution is 1.99. The molecule has 0 saturated heterocycles. The van der Waals surface area contributed by atoms with Crippen LogP contribution in [0, 0.1) is 10.8 Å². The lowest BCUT2D eigenvalue weighted by molar-refractivity contribution is 1.41. The molecule has 0 atom stereocenters. The van der Waals surface area contributed by atoms with Gasteiger partial charge in [-0.05, 0) is 37.8 Å². The molecule has 0 spiro atoms. The van der Waals surface area contributed by atoms with Crippen LogP contribution in [0.5, 0.6) is 0 Å². The van der Waals surface area contributed by atoms with E-state index in [4.69, 9.17) is 10.8 Å². The zero-order valence-electron chi connectivity index (χ0n) is 7.39. The van der Waals surface area contributed by atoms with Crippen molar-refractivity contribution in [2.45, 2.75) is 13.8 Å². The van der Waals surface area contributed by atoms with Gasteiger partial charge in [-0.1, -0.05) is 0 Å². The summed E-state index contributed by atoms with van der Waals surface area (Å²) < 4.78 is 0. The molecule has 0 fully saturated rings. The van der Waals surface area contributed by atoms with Crippen LogP contribution in [0.25, 0.3) is 0 Å². The van der Waals surface area contributed by atoms with Crippen LogP contribution >= 0.6 is 0 Å². The Balaban J connectivity index is 4.52. The van der Waals surface area contributed by atoms with E-state index in [-0.39, 0.29) is 0 Å². The first kappa shape index (κ1) is 10.5. The van der Waals surface area contributed by atoms with Crippen LogP contribution in [-0.4, -0.2) is 18.6 Å². The van der Waals surface area contributed by atoms with E-state index in [1.807, 2.05) is 0 Å². The van der Waals surface area contributed by atoms with Gasteiger partial charge in [0.1, 0.15) is 0 Å². The Labute approximate surface area is 72.5 Å². The average molecular weight is 163 g/mol. The maximum Gasteiger partial charge on any atom is 0.0587 e. The van der Waals surface area contributed by atoms with Crippen LogP contribution in [0.2, 0.25) is 0 Å². The average Bonchev–Trinajstić information content (AvgIpc) is 2.04. The summed E-state index contributed by atoms with van der Waals surface area (Å²) >= 11 is 0. The fourth-order valence-corrected chi connectivity index (χ4v) is 0.590. The van der Waals surface area contributed by atoms with Crippen molar-refractivity contribution in [3.8, 4) is 0 Å². The molecule has 3 nitrogen and oxygen atoms in total. The minimum absolute atomic E-state index is 0.364. The zero-order chi connectivity index (χ0) is 9.56. The molecule has 12 heavy (non-hydrogen) atoms. The van der Waals surface area contributed by atoms with Gasteiger partial charge in [-0.25, -0.2) is 0 Å². The fourth-order valence-electron chi connectivity index (χ4n) is 0.590. The van der Waals surface area contributed by atoms with Crippen molar-refractivity contribution in [3.63, 3.8) is 0 Å². The standard InChI is InChI=1S/C9H13N3/c1-7(5-10)4-9(11)8(2)6-12-3/h4-6,10-11H,3H2,1-2H3/b7-4-,8-6+,10-5?,11-9?. The van der Waals surface area contributed by atoms with Crippen molar-refractivity contribution in [1.82, 2.24) is 0 Å². The monoisotopic (exact) mass is 163 g/mol. The molecular weight excluding hydrogens is 150 g/mol. The van der Waals surface area contributed by atoms with Crippen molar-refractivity contribution in [2.75, 3.05) is 0 Å². The summed E-state index contributed by atoms with van der Waals surface area (Å²) in [5.41, 5.74) is 1.85. The fraction of sp³-hybridized carbons (Fsp3) is 0.222. The first-order valence-corrected chi connectivity index (χ1v) is 3.52. The lowest BCUT2D eigenvalue weighted by Crippen LogP contribution is -1.94. The molecule has 0 amide bonds. The third-order valence-corrected chi connectivity index (χ3v) is 1.31. The van der Waals surface area contributed by atoms with Crippen molar-refractivity contribution in [2.24, 2.45) is 4.99 Å². The molecular formula is C9H13N3. The second-order valence-electron chi connectivity index (χ2n) is 2.44. The molecule has 0 aliphatic rings. The molecule has 0 unspecified atom stereocenters. The molecule has 3 heteroatoms. The van der Waals surface area contributed by atoms with Gasteiger partial charge in [0, 0.05) is 12.4 Å². The van der Waals surface area contributed by atoms with E-state index >= 15 is 0 Å². The Morgan fingerprint density at radius 1 is 1.42 bits per heavy atom. The van der Waals surface area contributed by atoms with Gasteiger partial charge < -0.3 is 10.8 Å². The largest absolute Gasteiger partial charge is 0.308 e. The Morgan fingerprint density at radius 3 is 2.42 bits per heavy atom. The van der Waals surface area contributed by atoms with E-state index in [9.17, 15) is 0 Å². The lowest BCUT2D eigenvalue weighted by Gasteiger charge is -1.96. The van der Waals surface area contributed by atoms with Crippen molar-refractivity contribution < 1.29 is 0 Å². The topological polar surface area (TPSA) is 60.1 Å². The van der Waals surface area contributed by atoms with Gasteiger partial charge in [0.05, 0.1) is 5.71 Å². The molecule has 2 N–H and O–H groups in total. The van der Waals surface area contributed by atoms with E-state index in [0.29, 0.717) is 5.71 Å². The van der Waals surface area contributed by atoms with Gasteiger partial charge in [-0.2, -0.15) is 0 Å². The molecule has 64 valence electrons. The van der Waals surface area contributed by atoms with Crippen molar-refractivity contribution in [3.05, 3.63) is 23.4 Å². The van der Waals surface area contributed by atoms with Crippen LogP contribution in [0.3, 0.4) is 0 Å².